The van der Waals surface area contributed by atoms with Crippen molar-refractivity contribution in [1.29, 1.82) is 0 Å². The summed E-state index contributed by atoms with van der Waals surface area (Å²) < 4.78 is 1.73. The molecule has 0 atom stereocenters. The van der Waals surface area contributed by atoms with Crippen LogP contribution < -0.4 is 0 Å². The fraction of sp³-hybridized carbons (Fsp3) is 0.389. The SMILES string of the molecule is Cc1cc2c(cn1)CN(C(=O)CCc1c(C)nc3ncnn3c1C)C2. The Morgan fingerprint density at radius 2 is 1.96 bits per heavy atom. The second kappa shape index (κ2) is 5.91. The van der Waals surface area contributed by atoms with Crippen molar-refractivity contribution in [3.8, 4) is 0 Å². The van der Waals surface area contributed by atoms with Crippen LogP contribution in [0.5, 0.6) is 0 Å². The fourth-order valence-corrected chi connectivity index (χ4v) is 3.49. The van der Waals surface area contributed by atoms with Crippen molar-refractivity contribution < 1.29 is 4.79 Å². The van der Waals surface area contributed by atoms with Crippen LogP contribution in [0.1, 0.15) is 40.2 Å². The number of pyridine rings is 1. The van der Waals surface area contributed by atoms with E-state index in [1.807, 2.05) is 31.9 Å². The van der Waals surface area contributed by atoms with Crippen LogP contribution in [0.2, 0.25) is 0 Å². The van der Waals surface area contributed by atoms with Crippen molar-refractivity contribution in [3.63, 3.8) is 0 Å². The Bertz CT molecular complexity index is 977. The minimum Gasteiger partial charge on any atom is -0.334 e. The van der Waals surface area contributed by atoms with Gasteiger partial charge in [-0.15, -0.1) is 0 Å². The lowest BCUT2D eigenvalue weighted by Crippen LogP contribution is -2.25. The van der Waals surface area contributed by atoms with Gasteiger partial charge in [-0.1, -0.05) is 0 Å². The molecular weight excluding hydrogens is 316 g/mol. The van der Waals surface area contributed by atoms with Gasteiger partial charge < -0.3 is 4.90 Å². The normalized spacial score (nSPS) is 13.5. The molecule has 4 heterocycles. The summed E-state index contributed by atoms with van der Waals surface area (Å²) in [5, 5.41) is 4.20. The predicted molar refractivity (Wildman–Crippen MR) is 91.8 cm³/mol. The summed E-state index contributed by atoms with van der Waals surface area (Å²) in [7, 11) is 0. The monoisotopic (exact) mass is 336 g/mol. The Kier molecular flexibility index (Phi) is 3.71. The molecule has 0 N–H and O–H groups in total. The van der Waals surface area contributed by atoms with Crippen LogP contribution >= 0.6 is 0 Å². The molecule has 0 bridgehead atoms. The van der Waals surface area contributed by atoms with Gasteiger partial charge >= 0.3 is 0 Å². The van der Waals surface area contributed by atoms with Gasteiger partial charge in [-0.2, -0.15) is 10.1 Å². The van der Waals surface area contributed by atoms with E-state index in [1.54, 1.807) is 4.52 Å². The third-order valence-corrected chi connectivity index (χ3v) is 4.87. The molecule has 1 aliphatic heterocycles. The van der Waals surface area contributed by atoms with Gasteiger partial charge in [0.25, 0.3) is 5.78 Å². The topological polar surface area (TPSA) is 76.3 Å². The quantitative estimate of drug-likeness (QED) is 0.730. The summed E-state index contributed by atoms with van der Waals surface area (Å²) in [6.45, 7) is 7.26. The zero-order valence-corrected chi connectivity index (χ0v) is 14.7. The summed E-state index contributed by atoms with van der Waals surface area (Å²) in [5.41, 5.74) is 6.33. The minimum atomic E-state index is 0.159. The molecule has 25 heavy (non-hydrogen) atoms. The lowest BCUT2D eigenvalue weighted by Gasteiger charge is -2.16. The number of amides is 1. The van der Waals surface area contributed by atoms with Gasteiger partial charge in [-0.25, -0.2) is 9.50 Å². The average molecular weight is 336 g/mol. The molecule has 0 fully saturated rings. The molecule has 1 aliphatic rings. The van der Waals surface area contributed by atoms with Gasteiger partial charge in [-0.3, -0.25) is 9.78 Å². The molecule has 7 nitrogen and oxygen atoms in total. The lowest BCUT2D eigenvalue weighted by atomic mass is 10.1. The first kappa shape index (κ1) is 15.7. The van der Waals surface area contributed by atoms with E-state index in [-0.39, 0.29) is 5.91 Å². The Morgan fingerprint density at radius 3 is 2.80 bits per heavy atom. The third kappa shape index (κ3) is 2.75. The number of hydrogen-bond donors (Lipinski definition) is 0. The number of fused-ring (bicyclic) bond motifs is 2. The van der Waals surface area contributed by atoms with Crippen molar-refractivity contribution in [1.82, 2.24) is 29.5 Å². The van der Waals surface area contributed by atoms with E-state index >= 15 is 0 Å². The Balaban J connectivity index is 1.48. The van der Waals surface area contributed by atoms with Gasteiger partial charge in [0.05, 0.1) is 0 Å². The maximum Gasteiger partial charge on any atom is 0.252 e. The molecule has 0 aliphatic carbocycles. The van der Waals surface area contributed by atoms with Crippen molar-refractivity contribution >= 4 is 11.7 Å². The van der Waals surface area contributed by atoms with E-state index in [9.17, 15) is 4.79 Å². The van der Waals surface area contributed by atoms with Crippen LogP contribution in [0.4, 0.5) is 0 Å². The average Bonchev–Trinajstić information content (AvgIpc) is 3.20. The Hall–Kier alpha value is -2.83. The lowest BCUT2D eigenvalue weighted by molar-refractivity contribution is -0.131. The van der Waals surface area contributed by atoms with Crippen molar-refractivity contribution in [2.24, 2.45) is 0 Å². The van der Waals surface area contributed by atoms with E-state index in [2.05, 4.69) is 26.1 Å². The highest BCUT2D eigenvalue weighted by Gasteiger charge is 2.24. The number of carbonyl (C=O) groups is 1. The van der Waals surface area contributed by atoms with Gasteiger partial charge in [0.1, 0.15) is 6.33 Å². The number of aromatic nitrogens is 5. The van der Waals surface area contributed by atoms with Crippen molar-refractivity contribution in [2.75, 3.05) is 0 Å². The molecule has 0 saturated carbocycles. The van der Waals surface area contributed by atoms with E-state index in [1.165, 1.54) is 11.9 Å². The number of hydrogen-bond acceptors (Lipinski definition) is 5. The van der Waals surface area contributed by atoms with Crippen molar-refractivity contribution in [3.05, 3.63) is 52.4 Å². The highest BCUT2D eigenvalue weighted by molar-refractivity contribution is 5.77. The number of carbonyl (C=O) groups excluding carboxylic acids is 1. The highest BCUT2D eigenvalue weighted by Crippen LogP contribution is 2.24. The number of nitrogens with zero attached hydrogens (tertiary/aromatic N) is 6. The summed E-state index contributed by atoms with van der Waals surface area (Å²) in [6, 6.07) is 2.07. The van der Waals surface area contributed by atoms with Gasteiger partial charge in [0.15, 0.2) is 0 Å². The maximum absolute atomic E-state index is 12.7. The van der Waals surface area contributed by atoms with Crippen LogP contribution in [0.3, 0.4) is 0 Å². The Morgan fingerprint density at radius 1 is 1.16 bits per heavy atom. The standard InChI is InChI=1S/C18H20N6O/c1-11-6-14-8-23(9-15(14)7-19-11)17(25)5-4-16-12(2)22-18-20-10-21-24(18)13(16)3/h6-7,10H,4-5,8-9H2,1-3H3. The minimum absolute atomic E-state index is 0.159. The van der Waals surface area contributed by atoms with Crippen molar-refractivity contribution in [2.45, 2.75) is 46.7 Å². The molecule has 128 valence electrons. The molecule has 4 rings (SSSR count). The molecule has 0 spiro atoms. The van der Waals surface area contributed by atoms with Crippen LogP contribution in [-0.2, 0) is 24.3 Å². The summed E-state index contributed by atoms with van der Waals surface area (Å²) >= 11 is 0. The number of aryl methyl sites for hydroxylation is 3. The molecule has 7 heteroatoms. The van der Waals surface area contributed by atoms with E-state index in [4.69, 9.17) is 0 Å². The molecule has 0 radical (unpaired) electrons. The third-order valence-electron chi connectivity index (χ3n) is 4.87. The first-order chi connectivity index (χ1) is 12.0. The van der Waals surface area contributed by atoms with E-state index in [0.717, 1.165) is 28.2 Å². The van der Waals surface area contributed by atoms with Gasteiger partial charge in [-0.05, 0) is 49.9 Å². The molecule has 3 aromatic heterocycles. The fourth-order valence-electron chi connectivity index (χ4n) is 3.49. The summed E-state index contributed by atoms with van der Waals surface area (Å²) in [4.78, 5) is 27.5. The second-order valence-corrected chi connectivity index (χ2v) is 6.58. The molecule has 0 aromatic carbocycles. The van der Waals surface area contributed by atoms with E-state index < -0.39 is 0 Å². The highest BCUT2D eigenvalue weighted by atomic mass is 16.2. The molecule has 3 aromatic rings. The molecule has 0 unspecified atom stereocenters. The van der Waals surface area contributed by atoms with Crippen LogP contribution in [0.15, 0.2) is 18.6 Å². The summed E-state index contributed by atoms with van der Waals surface area (Å²) in [5.74, 6) is 0.759. The van der Waals surface area contributed by atoms with Crippen LogP contribution in [0, 0.1) is 20.8 Å². The first-order valence-electron chi connectivity index (χ1n) is 8.41. The molecule has 1 amide bonds. The van der Waals surface area contributed by atoms with Gasteiger partial charge in [0.2, 0.25) is 5.91 Å². The second-order valence-electron chi connectivity index (χ2n) is 6.58. The molecule has 0 saturated heterocycles. The van der Waals surface area contributed by atoms with Crippen LogP contribution in [0.25, 0.3) is 5.78 Å². The maximum atomic E-state index is 12.7. The van der Waals surface area contributed by atoms with Gasteiger partial charge in [0, 0.05) is 42.8 Å². The zero-order chi connectivity index (χ0) is 17.6. The largest absolute Gasteiger partial charge is 0.334 e. The van der Waals surface area contributed by atoms with Crippen LogP contribution in [-0.4, -0.2) is 35.4 Å². The zero-order valence-electron chi connectivity index (χ0n) is 14.7. The molecular formula is C18H20N6O. The predicted octanol–water partition coefficient (Wildman–Crippen LogP) is 1.92. The smallest absolute Gasteiger partial charge is 0.252 e. The Labute approximate surface area is 145 Å². The first-order valence-corrected chi connectivity index (χ1v) is 8.41. The van der Waals surface area contributed by atoms with E-state index in [0.29, 0.717) is 31.7 Å². The number of rotatable bonds is 3. The summed E-state index contributed by atoms with van der Waals surface area (Å²) in [6.07, 6.45) is 4.50.